The van der Waals surface area contributed by atoms with Gasteiger partial charge < -0.3 is 11.1 Å². The fraction of sp³-hybridized carbons (Fsp3) is 0.250. The van der Waals surface area contributed by atoms with Crippen LogP contribution in [-0.2, 0) is 12.6 Å². The van der Waals surface area contributed by atoms with E-state index < -0.39 is 12.0 Å². The van der Waals surface area contributed by atoms with Crippen LogP contribution in [0, 0.1) is 18.3 Å². The molecule has 0 atom stereocenters. The number of para-hydroxylation sites is 1. The highest BCUT2D eigenvalue weighted by atomic mass is 19.4. The summed E-state index contributed by atoms with van der Waals surface area (Å²) in [5, 5.41) is 20.5. The van der Waals surface area contributed by atoms with E-state index in [0.29, 0.717) is 42.2 Å². The van der Waals surface area contributed by atoms with Crippen molar-refractivity contribution >= 4 is 17.4 Å². The highest BCUT2D eigenvalue weighted by Crippen LogP contribution is 2.27. The molecule has 9 nitrogen and oxygen atoms in total. The van der Waals surface area contributed by atoms with E-state index in [2.05, 4.69) is 31.6 Å². The highest BCUT2D eigenvalue weighted by Gasteiger charge is 2.36. The van der Waals surface area contributed by atoms with Crippen LogP contribution < -0.4 is 11.1 Å². The Morgan fingerprint density at radius 1 is 1.16 bits per heavy atom. The molecular weight excluding hydrogens is 423 g/mol. The zero-order chi connectivity index (χ0) is 22.9. The van der Waals surface area contributed by atoms with E-state index in [0.717, 1.165) is 10.2 Å². The Balaban J connectivity index is 1.49. The molecule has 3 N–H and O–H groups in total. The molecule has 32 heavy (non-hydrogen) atoms. The Morgan fingerprint density at radius 2 is 1.91 bits per heavy atom. The SMILES string of the molecule is Cc1cc(NCCCc2nn(-c3ccccc3)c(N)c2C#N)n2nc(C(F)(F)F)nc2n1. The smallest absolute Gasteiger partial charge is 0.382 e. The average molecular weight is 441 g/mol. The monoisotopic (exact) mass is 441 g/mol. The summed E-state index contributed by atoms with van der Waals surface area (Å²) in [6, 6.07) is 12.9. The quantitative estimate of drug-likeness (QED) is 0.441. The number of aromatic nitrogens is 6. The molecule has 0 bridgehead atoms. The number of nitrogen functional groups attached to an aromatic ring is 1. The number of rotatable bonds is 6. The summed E-state index contributed by atoms with van der Waals surface area (Å²) in [4.78, 5) is 7.46. The van der Waals surface area contributed by atoms with Gasteiger partial charge >= 0.3 is 6.18 Å². The fourth-order valence-electron chi connectivity index (χ4n) is 3.25. The lowest BCUT2D eigenvalue weighted by Crippen LogP contribution is -2.10. The van der Waals surface area contributed by atoms with Gasteiger partial charge in [0, 0.05) is 18.3 Å². The van der Waals surface area contributed by atoms with Crippen LogP contribution in [0.25, 0.3) is 11.5 Å². The summed E-state index contributed by atoms with van der Waals surface area (Å²) in [5.41, 5.74) is 8.20. The Morgan fingerprint density at radius 3 is 2.59 bits per heavy atom. The van der Waals surface area contributed by atoms with Crippen LogP contribution in [-0.4, -0.2) is 35.9 Å². The number of hydrogen-bond donors (Lipinski definition) is 2. The number of aryl methyl sites for hydroxylation is 2. The molecule has 0 unspecified atom stereocenters. The molecule has 1 aromatic carbocycles. The van der Waals surface area contributed by atoms with Gasteiger partial charge in [-0.25, -0.2) is 9.67 Å². The minimum Gasteiger partial charge on any atom is -0.382 e. The molecule has 3 aromatic heterocycles. The Kier molecular flexibility index (Phi) is 5.40. The molecule has 0 amide bonds. The third kappa shape index (κ3) is 4.04. The number of nitrogens with zero attached hydrogens (tertiary/aromatic N) is 7. The molecule has 12 heteroatoms. The van der Waals surface area contributed by atoms with Crippen molar-refractivity contribution in [2.24, 2.45) is 0 Å². The van der Waals surface area contributed by atoms with Gasteiger partial charge in [-0.15, -0.1) is 5.10 Å². The standard InChI is InChI=1S/C20H18F3N9/c1-12-10-16(32-19(27-12)28-18(30-32)20(21,22)23)26-9-5-8-15-14(11-24)17(25)31(29-15)13-6-3-2-4-7-13/h2-4,6-7,10,26H,5,8-9,25H2,1H3. The maximum atomic E-state index is 12.9. The second-order valence-corrected chi connectivity index (χ2v) is 7.02. The van der Waals surface area contributed by atoms with Gasteiger partial charge in [0.1, 0.15) is 23.3 Å². The van der Waals surface area contributed by atoms with Gasteiger partial charge in [-0.2, -0.15) is 33.0 Å². The molecule has 0 aliphatic heterocycles. The van der Waals surface area contributed by atoms with Crippen molar-refractivity contribution in [3.8, 4) is 11.8 Å². The maximum absolute atomic E-state index is 12.9. The number of anilines is 2. The van der Waals surface area contributed by atoms with Crippen LogP contribution in [0.15, 0.2) is 36.4 Å². The number of nitrogens with two attached hydrogens (primary N) is 1. The molecule has 0 saturated heterocycles. The van der Waals surface area contributed by atoms with Crippen molar-refractivity contribution in [2.45, 2.75) is 25.9 Å². The van der Waals surface area contributed by atoms with Crippen molar-refractivity contribution in [2.75, 3.05) is 17.6 Å². The molecule has 0 aliphatic carbocycles. The molecule has 164 valence electrons. The van der Waals surface area contributed by atoms with Crippen molar-refractivity contribution in [1.29, 1.82) is 5.26 Å². The zero-order valence-corrected chi connectivity index (χ0v) is 16.9. The first-order valence-electron chi connectivity index (χ1n) is 9.66. The third-order valence-corrected chi connectivity index (χ3v) is 4.70. The molecule has 0 fully saturated rings. The average Bonchev–Trinajstić information content (AvgIpc) is 3.32. The number of nitriles is 1. The van der Waals surface area contributed by atoms with Crippen LogP contribution >= 0.6 is 0 Å². The van der Waals surface area contributed by atoms with E-state index in [1.165, 1.54) is 4.68 Å². The molecule has 0 saturated carbocycles. The zero-order valence-electron chi connectivity index (χ0n) is 16.9. The summed E-state index contributed by atoms with van der Waals surface area (Å²) in [6.07, 6.45) is -3.67. The van der Waals surface area contributed by atoms with Crippen LogP contribution in [0.3, 0.4) is 0 Å². The lowest BCUT2D eigenvalue weighted by atomic mass is 10.1. The van der Waals surface area contributed by atoms with E-state index in [1.54, 1.807) is 13.0 Å². The number of halogens is 3. The van der Waals surface area contributed by atoms with Crippen LogP contribution in [0.5, 0.6) is 0 Å². The first-order chi connectivity index (χ1) is 15.3. The van der Waals surface area contributed by atoms with Crippen molar-refractivity contribution < 1.29 is 13.2 Å². The topological polar surface area (TPSA) is 123 Å². The molecule has 3 heterocycles. The predicted molar refractivity (Wildman–Crippen MR) is 110 cm³/mol. The van der Waals surface area contributed by atoms with Crippen molar-refractivity contribution in [3.05, 3.63) is 59.2 Å². The third-order valence-electron chi connectivity index (χ3n) is 4.70. The Bertz CT molecular complexity index is 1300. The van der Waals surface area contributed by atoms with Crippen molar-refractivity contribution in [3.63, 3.8) is 0 Å². The number of nitrogens with one attached hydrogen (secondary N) is 1. The lowest BCUT2D eigenvalue weighted by Gasteiger charge is -2.08. The fourth-order valence-corrected chi connectivity index (χ4v) is 3.25. The van der Waals surface area contributed by atoms with Crippen LogP contribution in [0.4, 0.5) is 24.8 Å². The van der Waals surface area contributed by atoms with Gasteiger partial charge in [0.15, 0.2) is 0 Å². The minimum atomic E-state index is -4.66. The van der Waals surface area contributed by atoms with Gasteiger partial charge in [0.25, 0.3) is 11.6 Å². The number of fused-ring (bicyclic) bond motifs is 1. The van der Waals surface area contributed by atoms with Gasteiger partial charge in [0.05, 0.1) is 11.4 Å². The van der Waals surface area contributed by atoms with E-state index in [-0.39, 0.29) is 11.6 Å². The summed E-state index contributed by atoms with van der Waals surface area (Å²) in [7, 11) is 0. The molecule has 4 rings (SSSR count). The Labute approximate surface area is 180 Å². The summed E-state index contributed by atoms with van der Waals surface area (Å²) >= 11 is 0. The molecule has 0 spiro atoms. The number of alkyl halides is 3. The van der Waals surface area contributed by atoms with E-state index in [4.69, 9.17) is 5.73 Å². The second-order valence-electron chi connectivity index (χ2n) is 7.02. The normalized spacial score (nSPS) is 11.6. The second kappa shape index (κ2) is 8.18. The van der Waals surface area contributed by atoms with E-state index in [1.807, 2.05) is 30.3 Å². The number of hydrogen-bond acceptors (Lipinski definition) is 7. The van der Waals surface area contributed by atoms with Gasteiger partial charge in [0.2, 0.25) is 0 Å². The largest absolute Gasteiger partial charge is 0.453 e. The first-order valence-corrected chi connectivity index (χ1v) is 9.66. The summed E-state index contributed by atoms with van der Waals surface area (Å²) in [5.74, 6) is -0.791. The Hall–Kier alpha value is -4.14. The summed E-state index contributed by atoms with van der Waals surface area (Å²) in [6.45, 7) is 2.05. The van der Waals surface area contributed by atoms with Gasteiger partial charge in [-0.1, -0.05) is 18.2 Å². The van der Waals surface area contributed by atoms with Gasteiger partial charge in [-0.3, -0.25) is 0 Å². The molecular formula is C20H18F3N9. The maximum Gasteiger partial charge on any atom is 0.453 e. The minimum absolute atomic E-state index is 0.138. The first kappa shape index (κ1) is 21.1. The molecule has 4 aromatic rings. The van der Waals surface area contributed by atoms with Crippen LogP contribution in [0.1, 0.15) is 29.2 Å². The molecule has 0 aliphatic rings. The van der Waals surface area contributed by atoms with Crippen molar-refractivity contribution in [1.82, 2.24) is 29.4 Å². The highest BCUT2D eigenvalue weighted by molar-refractivity contribution is 5.56. The summed E-state index contributed by atoms with van der Waals surface area (Å²) < 4.78 is 41.4. The van der Waals surface area contributed by atoms with E-state index in [9.17, 15) is 18.4 Å². The molecule has 0 radical (unpaired) electrons. The number of benzene rings is 1. The van der Waals surface area contributed by atoms with Crippen LogP contribution in [0.2, 0.25) is 0 Å². The predicted octanol–water partition coefficient (Wildman–Crippen LogP) is 3.14. The lowest BCUT2D eigenvalue weighted by molar-refractivity contribution is -0.144. The van der Waals surface area contributed by atoms with E-state index >= 15 is 0 Å². The van der Waals surface area contributed by atoms with Gasteiger partial charge in [-0.05, 0) is 31.9 Å².